The number of fused-ring (bicyclic) bond motifs is 3. The third kappa shape index (κ3) is 2.22. The van der Waals surface area contributed by atoms with E-state index in [0.717, 1.165) is 57.6 Å². The highest BCUT2D eigenvalue weighted by molar-refractivity contribution is 6.03. The maximum atomic E-state index is 13.1. The minimum absolute atomic E-state index is 0.0121. The van der Waals surface area contributed by atoms with Gasteiger partial charge in [-0.3, -0.25) is 9.59 Å². The standard InChI is InChI=1S/C23H34O4/c1-5-27-19(26)22(4)10-6-9-21(3)16(22)8-12-23-14-20(2,11-7-17(21)23)18(25)15(23)13-24/h13,16-17,24H,5-12,14H2,1-4H3/b15-13+/t16-,17-,20-,21+,22+,23+/m0/s1. The maximum Gasteiger partial charge on any atom is 0.312 e. The van der Waals surface area contributed by atoms with Crippen molar-refractivity contribution in [2.45, 2.75) is 79.1 Å². The van der Waals surface area contributed by atoms with Crippen molar-refractivity contribution in [1.82, 2.24) is 0 Å². The molecule has 0 aliphatic heterocycles. The summed E-state index contributed by atoms with van der Waals surface area (Å²) >= 11 is 0. The van der Waals surface area contributed by atoms with Gasteiger partial charge in [-0.25, -0.2) is 0 Å². The average Bonchev–Trinajstić information content (AvgIpc) is 2.76. The largest absolute Gasteiger partial charge is 0.515 e. The lowest BCUT2D eigenvalue weighted by Gasteiger charge is -2.63. The van der Waals surface area contributed by atoms with E-state index >= 15 is 0 Å². The van der Waals surface area contributed by atoms with Crippen LogP contribution in [0.3, 0.4) is 0 Å². The van der Waals surface area contributed by atoms with Crippen LogP contribution in [-0.2, 0) is 14.3 Å². The van der Waals surface area contributed by atoms with Gasteiger partial charge in [0.05, 0.1) is 18.3 Å². The van der Waals surface area contributed by atoms with Gasteiger partial charge in [0.1, 0.15) is 0 Å². The second kappa shape index (κ2) is 5.84. The molecule has 0 saturated heterocycles. The topological polar surface area (TPSA) is 63.6 Å². The Hall–Kier alpha value is -1.32. The Labute approximate surface area is 162 Å². The van der Waals surface area contributed by atoms with E-state index in [1.54, 1.807) is 0 Å². The monoisotopic (exact) mass is 374 g/mol. The minimum atomic E-state index is -0.433. The zero-order chi connectivity index (χ0) is 19.7. The number of esters is 1. The van der Waals surface area contributed by atoms with Crippen molar-refractivity contribution in [3.63, 3.8) is 0 Å². The molecule has 27 heavy (non-hydrogen) atoms. The molecule has 4 heteroatoms. The molecule has 150 valence electrons. The van der Waals surface area contributed by atoms with Crippen LogP contribution in [0.5, 0.6) is 0 Å². The summed E-state index contributed by atoms with van der Waals surface area (Å²) < 4.78 is 5.51. The lowest BCUT2D eigenvalue weighted by molar-refractivity contribution is -0.184. The smallest absolute Gasteiger partial charge is 0.312 e. The molecule has 0 amide bonds. The van der Waals surface area contributed by atoms with Crippen LogP contribution in [0, 0.1) is 33.5 Å². The number of aliphatic hydroxyl groups excluding tert-OH is 1. The van der Waals surface area contributed by atoms with Gasteiger partial charge in [-0.2, -0.15) is 0 Å². The van der Waals surface area contributed by atoms with Crippen LogP contribution < -0.4 is 0 Å². The molecule has 0 aromatic heterocycles. The number of carbonyl (C=O) groups excluding carboxylic acids is 2. The van der Waals surface area contributed by atoms with E-state index in [0.29, 0.717) is 18.1 Å². The first kappa shape index (κ1) is 19.0. The van der Waals surface area contributed by atoms with Gasteiger partial charge in [0.25, 0.3) is 0 Å². The Morgan fingerprint density at radius 1 is 1.15 bits per heavy atom. The average molecular weight is 375 g/mol. The molecule has 4 aliphatic rings. The number of ketones is 1. The molecule has 4 saturated carbocycles. The minimum Gasteiger partial charge on any atom is -0.515 e. The number of aliphatic hydroxyl groups is 1. The summed E-state index contributed by atoms with van der Waals surface area (Å²) in [4.78, 5) is 26.0. The van der Waals surface area contributed by atoms with E-state index in [1.165, 1.54) is 0 Å². The number of hydrogen-bond acceptors (Lipinski definition) is 4. The first-order valence-corrected chi connectivity index (χ1v) is 10.7. The molecule has 1 N–H and O–H groups in total. The van der Waals surface area contributed by atoms with Gasteiger partial charge in [-0.15, -0.1) is 0 Å². The van der Waals surface area contributed by atoms with Crippen LogP contribution in [0.1, 0.15) is 79.1 Å². The van der Waals surface area contributed by atoms with Crippen LogP contribution >= 0.6 is 0 Å². The zero-order valence-electron chi connectivity index (χ0n) is 17.3. The van der Waals surface area contributed by atoms with Crippen LogP contribution in [0.25, 0.3) is 0 Å². The molecular weight excluding hydrogens is 340 g/mol. The lowest BCUT2D eigenvalue weighted by atomic mass is 9.40. The Morgan fingerprint density at radius 2 is 1.85 bits per heavy atom. The molecule has 0 heterocycles. The van der Waals surface area contributed by atoms with Gasteiger partial charge in [-0.1, -0.05) is 20.3 Å². The first-order chi connectivity index (χ1) is 12.7. The molecule has 6 atom stereocenters. The Morgan fingerprint density at radius 3 is 2.52 bits per heavy atom. The molecule has 0 aromatic carbocycles. The van der Waals surface area contributed by atoms with Gasteiger partial charge in [0.15, 0.2) is 5.78 Å². The maximum absolute atomic E-state index is 13.1. The summed E-state index contributed by atoms with van der Waals surface area (Å²) in [6.45, 7) is 8.86. The van der Waals surface area contributed by atoms with Crippen molar-refractivity contribution < 1.29 is 19.4 Å². The highest BCUT2D eigenvalue weighted by atomic mass is 16.5. The summed E-state index contributed by atoms with van der Waals surface area (Å²) in [5.74, 6) is 0.764. The molecule has 4 fully saturated rings. The van der Waals surface area contributed by atoms with E-state index in [4.69, 9.17) is 4.74 Å². The molecule has 0 radical (unpaired) electrons. The van der Waals surface area contributed by atoms with Crippen LogP contribution in [0.4, 0.5) is 0 Å². The zero-order valence-corrected chi connectivity index (χ0v) is 17.3. The van der Waals surface area contributed by atoms with Gasteiger partial charge in [0.2, 0.25) is 0 Å². The van der Waals surface area contributed by atoms with Crippen molar-refractivity contribution in [2.24, 2.45) is 33.5 Å². The summed E-state index contributed by atoms with van der Waals surface area (Å²) in [5.41, 5.74) is -0.254. The second-order valence-corrected chi connectivity index (χ2v) is 10.4. The number of Topliss-reactive ketones (excluding diaryl/α,β-unsaturated/α-hetero) is 1. The van der Waals surface area contributed by atoms with Gasteiger partial charge in [-0.05, 0) is 76.0 Å². The number of rotatable bonds is 2. The highest BCUT2D eigenvalue weighted by Gasteiger charge is 2.70. The summed E-state index contributed by atoms with van der Waals surface area (Å²) in [6.07, 6.45) is 8.77. The molecule has 1 spiro atoms. The number of allylic oxidation sites excluding steroid dienone is 1. The summed E-state index contributed by atoms with van der Waals surface area (Å²) in [6, 6.07) is 0. The third-order valence-corrected chi connectivity index (χ3v) is 9.21. The molecule has 4 rings (SSSR count). The molecule has 4 aliphatic carbocycles. The number of ether oxygens (including phenoxy) is 1. The van der Waals surface area contributed by atoms with E-state index in [9.17, 15) is 14.7 Å². The fraction of sp³-hybridized carbons (Fsp3) is 0.826. The van der Waals surface area contributed by atoms with E-state index < -0.39 is 5.41 Å². The highest BCUT2D eigenvalue weighted by Crippen LogP contribution is 2.74. The van der Waals surface area contributed by atoms with Gasteiger partial charge in [0, 0.05) is 16.4 Å². The van der Waals surface area contributed by atoms with Crippen LogP contribution in [0.2, 0.25) is 0 Å². The van der Waals surface area contributed by atoms with Gasteiger partial charge >= 0.3 is 5.97 Å². The van der Waals surface area contributed by atoms with Crippen molar-refractivity contribution in [3.8, 4) is 0 Å². The summed E-state index contributed by atoms with van der Waals surface area (Å²) in [5, 5.41) is 10.0. The van der Waals surface area contributed by atoms with E-state index in [2.05, 4.69) is 20.8 Å². The van der Waals surface area contributed by atoms with Crippen molar-refractivity contribution in [2.75, 3.05) is 6.61 Å². The Bertz CT molecular complexity index is 711. The number of hydrogen-bond donors (Lipinski definition) is 1. The second-order valence-electron chi connectivity index (χ2n) is 10.4. The summed E-state index contributed by atoms with van der Waals surface area (Å²) in [7, 11) is 0. The van der Waals surface area contributed by atoms with Crippen LogP contribution in [-0.4, -0.2) is 23.5 Å². The quantitative estimate of drug-likeness (QED) is 0.421. The third-order valence-electron chi connectivity index (χ3n) is 9.21. The SMILES string of the molecule is CCOC(=O)[C@]1(C)CCC[C@@]2(C)[C@@H]3CC[C@@]4(C)C[C@]3(CC[C@@H]21)/C(=C/O)C4=O. The Balaban J connectivity index is 1.77. The van der Waals surface area contributed by atoms with Crippen molar-refractivity contribution in [3.05, 3.63) is 11.8 Å². The normalized spacial score (nSPS) is 50.2. The fourth-order valence-corrected chi connectivity index (χ4v) is 8.14. The predicted molar refractivity (Wildman–Crippen MR) is 103 cm³/mol. The predicted octanol–water partition coefficient (Wildman–Crippen LogP) is 4.97. The number of carbonyl (C=O) groups is 2. The van der Waals surface area contributed by atoms with Crippen LogP contribution in [0.15, 0.2) is 11.8 Å². The molecule has 2 bridgehead atoms. The van der Waals surface area contributed by atoms with Gasteiger partial charge < -0.3 is 9.84 Å². The lowest BCUT2D eigenvalue weighted by Crippen LogP contribution is -2.59. The molecular formula is C23H34O4. The first-order valence-electron chi connectivity index (χ1n) is 10.7. The fourth-order valence-electron chi connectivity index (χ4n) is 8.14. The van der Waals surface area contributed by atoms with E-state index in [1.807, 2.05) is 6.92 Å². The molecule has 0 aromatic rings. The van der Waals surface area contributed by atoms with E-state index in [-0.39, 0.29) is 33.9 Å². The van der Waals surface area contributed by atoms with Crippen molar-refractivity contribution >= 4 is 11.8 Å². The molecule has 0 unspecified atom stereocenters. The molecule has 4 nitrogen and oxygen atoms in total. The Kier molecular flexibility index (Phi) is 4.11. The van der Waals surface area contributed by atoms with Crippen molar-refractivity contribution in [1.29, 1.82) is 0 Å².